The van der Waals surface area contributed by atoms with E-state index in [4.69, 9.17) is 33.7 Å². The van der Waals surface area contributed by atoms with Gasteiger partial charge >= 0.3 is 5.97 Å². The van der Waals surface area contributed by atoms with Crippen LogP contribution in [0.15, 0.2) is 12.1 Å². The Kier molecular flexibility index (Phi) is 3.41. The molecule has 2 aliphatic heterocycles. The molecule has 1 fully saturated rings. The molecule has 168 valence electrons. The van der Waals surface area contributed by atoms with Gasteiger partial charge in [-0.2, -0.15) is 0 Å². The van der Waals surface area contributed by atoms with Crippen molar-refractivity contribution >= 4 is 5.97 Å². The maximum absolute atomic E-state index is 13.6. The Hall–Kier alpha value is -1.79. The number of hydrogen-bond donors (Lipinski definition) is 1. The molecule has 1 aromatic rings. The Morgan fingerprint density at radius 2 is 2.07 bits per heavy atom. The van der Waals surface area contributed by atoms with Crippen LogP contribution in [0.1, 0.15) is 76.7 Å². The van der Waals surface area contributed by atoms with Crippen molar-refractivity contribution < 1.29 is 38.2 Å². The molecule has 3 rings (SSSR count). The molecule has 2 heterocycles. The van der Waals surface area contributed by atoms with Crippen molar-refractivity contribution in [1.29, 1.82) is 0 Å². The summed E-state index contributed by atoms with van der Waals surface area (Å²) in [6.45, 7) is -7.67. The Labute approximate surface area is 200 Å². The van der Waals surface area contributed by atoms with Crippen LogP contribution >= 0.6 is 0 Å². The van der Waals surface area contributed by atoms with Crippen LogP contribution in [0, 0.1) is 17.7 Å². The van der Waals surface area contributed by atoms with Gasteiger partial charge in [0.15, 0.2) is 11.5 Å². The third-order valence-electron chi connectivity index (χ3n) is 4.99. The van der Waals surface area contributed by atoms with Crippen LogP contribution in [0.4, 0.5) is 0 Å². The zero-order chi connectivity index (χ0) is 34.3. The summed E-state index contributed by atoms with van der Waals surface area (Å²) in [5, 5.41) is 0. The van der Waals surface area contributed by atoms with E-state index in [1.54, 1.807) is 19.9 Å². The molecular formula is C24H38N2O4. The van der Waals surface area contributed by atoms with E-state index in [-0.39, 0.29) is 24.3 Å². The Balaban J connectivity index is 2.35. The maximum atomic E-state index is 13.6. The SMILES string of the molecule is [2H]C([2H])([2H])C([2H])(C([2H])([2H])[2H])[C@]([2H])(N)C(=O)OC1([2H])C([2H])([2H])C2c3cc(OC)c(OC)cc3CCN2C([2H])([2H])C1([2H])CC(C)C. The van der Waals surface area contributed by atoms with E-state index >= 15 is 0 Å². The van der Waals surface area contributed by atoms with Crippen LogP contribution in [0.2, 0.25) is 0 Å². The van der Waals surface area contributed by atoms with Gasteiger partial charge < -0.3 is 19.9 Å². The van der Waals surface area contributed by atoms with Crippen molar-refractivity contribution in [2.75, 3.05) is 27.3 Å². The predicted octanol–water partition coefficient (Wildman–Crippen LogP) is 3.56. The van der Waals surface area contributed by atoms with Crippen LogP contribution < -0.4 is 15.2 Å². The van der Waals surface area contributed by atoms with Crippen molar-refractivity contribution in [3.8, 4) is 11.5 Å². The number of methoxy groups -OCH3 is 2. The highest BCUT2D eigenvalue weighted by molar-refractivity contribution is 5.76. The van der Waals surface area contributed by atoms with Crippen molar-refractivity contribution in [3.63, 3.8) is 0 Å². The molecule has 6 heteroatoms. The highest BCUT2D eigenvalue weighted by Gasteiger charge is 2.41. The topological polar surface area (TPSA) is 74.0 Å². The molecule has 0 amide bonds. The summed E-state index contributed by atoms with van der Waals surface area (Å²) in [5.41, 5.74) is 6.31. The molecule has 0 aromatic heterocycles. The largest absolute Gasteiger partial charge is 0.493 e. The summed E-state index contributed by atoms with van der Waals surface area (Å²) in [7, 11) is 2.71. The van der Waals surface area contributed by atoms with Crippen molar-refractivity contribution in [2.24, 2.45) is 23.4 Å². The van der Waals surface area contributed by atoms with Crippen LogP contribution in [-0.2, 0) is 16.0 Å². The number of nitrogens with two attached hydrogens (primary N) is 1. The molecule has 0 aliphatic carbocycles. The maximum Gasteiger partial charge on any atom is 0.323 e. The van der Waals surface area contributed by atoms with Crippen LogP contribution in [0.5, 0.6) is 11.5 Å². The van der Waals surface area contributed by atoms with Crippen molar-refractivity contribution in [2.45, 2.75) is 64.9 Å². The molecule has 0 spiro atoms. The van der Waals surface area contributed by atoms with Gasteiger partial charge in [-0.05, 0) is 47.9 Å². The lowest BCUT2D eigenvalue weighted by Gasteiger charge is -2.47. The van der Waals surface area contributed by atoms with E-state index < -0.39 is 74.8 Å². The number of esters is 1. The average molecular weight is 433 g/mol. The molecule has 6 nitrogen and oxygen atoms in total. The second kappa shape index (κ2) is 9.56. The molecule has 4 atom stereocenters. The van der Waals surface area contributed by atoms with E-state index in [2.05, 4.69) is 0 Å². The minimum Gasteiger partial charge on any atom is -0.493 e. The fourth-order valence-electron chi connectivity index (χ4n) is 3.54. The van der Waals surface area contributed by atoms with Crippen molar-refractivity contribution in [1.82, 2.24) is 4.90 Å². The molecule has 2 N–H and O–H groups in total. The highest BCUT2D eigenvalue weighted by atomic mass is 16.5. The number of hydrogen-bond acceptors (Lipinski definition) is 6. The van der Waals surface area contributed by atoms with Gasteiger partial charge in [-0.25, -0.2) is 0 Å². The lowest BCUT2D eigenvalue weighted by Crippen LogP contribution is -2.51. The van der Waals surface area contributed by atoms with Crippen LogP contribution in [0.3, 0.4) is 0 Å². The minimum absolute atomic E-state index is 0.129. The molecule has 2 aliphatic rings. The van der Waals surface area contributed by atoms with Gasteiger partial charge in [-0.1, -0.05) is 27.6 Å². The smallest absolute Gasteiger partial charge is 0.323 e. The fourth-order valence-corrected chi connectivity index (χ4v) is 3.54. The van der Waals surface area contributed by atoms with E-state index in [1.165, 1.54) is 20.3 Å². The first-order valence-electron chi connectivity index (χ1n) is 16.7. The van der Waals surface area contributed by atoms with Gasteiger partial charge in [0.25, 0.3) is 0 Å². The summed E-state index contributed by atoms with van der Waals surface area (Å²) < 4.78 is 134. The number of rotatable bonds is 7. The van der Waals surface area contributed by atoms with Gasteiger partial charge in [-0.15, -0.1) is 0 Å². The average Bonchev–Trinajstić information content (AvgIpc) is 2.87. The number of nitrogens with zero attached hydrogens (tertiary/aromatic N) is 1. The zero-order valence-corrected chi connectivity index (χ0v) is 17.6. The minimum atomic E-state index is -4.03. The lowest BCUT2D eigenvalue weighted by atomic mass is 9.79. The van der Waals surface area contributed by atoms with Crippen LogP contribution in [-0.4, -0.2) is 50.2 Å². The first kappa shape index (κ1) is 10.7. The fraction of sp³-hybridized carbons (Fsp3) is 0.708. The molecule has 0 saturated carbocycles. The quantitative estimate of drug-likeness (QED) is 0.664. The molecule has 1 aromatic carbocycles. The van der Waals surface area contributed by atoms with Gasteiger partial charge in [0.05, 0.1) is 17.0 Å². The van der Waals surface area contributed by atoms with E-state index in [0.717, 1.165) is 4.90 Å². The molecule has 0 radical (unpaired) electrons. The Morgan fingerprint density at radius 3 is 2.70 bits per heavy atom. The predicted molar refractivity (Wildman–Crippen MR) is 118 cm³/mol. The first-order chi connectivity index (χ1) is 19.6. The number of ether oxygens (including phenoxy) is 3. The van der Waals surface area contributed by atoms with E-state index in [1.807, 2.05) is 0 Å². The second-order valence-electron chi connectivity index (χ2n) is 7.59. The zero-order valence-electron chi connectivity index (χ0n) is 31.6. The van der Waals surface area contributed by atoms with E-state index in [0.29, 0.717) is 11.3 Å². The molecule has 3 unspecified atom stereocenters. The second-order valence-corrected chi connectivity index (χ2v) is 7.59. The lowest BCUT2D eigenvalue weighted by molar-refractivity contribution is -0.160. The van der Waals surface area contributed by atoms with Gasteiger partial charge in [-0.3, -0.25) is 9.69 Å². The summed E-state index contributed by atoms with van der Waals surface area (Å²) in [6.07, 6.45) is -7.16. The normalized spacial score (nSPS) is 42.3. The number of benzene rings is 1. The first-order valence-corrected chi connectivity index (χ1v) is 9.68. The highest BCUT2D eigenvalue weighted by Crippen LogP contribution is 2.44. The summed E-state index contributed by atoms with van der Waals surface area (Å²) in [4.78, 5) is 14.7. The number of piperidine rings is 1. The molecule has 0 bridgehead atoms. The monoisotopic (exact) mass is 432 g/mol. The number of fused-ring (bicyclic) bond motifs is 3. The van der Waals surface area contributed by atoms with Gasteiger partial charge in [0, 0.05) is 47.8 Å². The van der Waals surface area contributed by atoms with Crippen LogP contribution in [0.25, 0.3) is 0 Å². The number of carbonyl (C=O) groups excluding carboxylic acids is 1. The number of carbonyl (C=O) groups is 1. The third-order valence-corrected chi connectivity index (χ3v) is 4.99. The third kappa shape index (κ3) is 4.75. The standard InChI is InChI=1S/C24H38N2O4/c1-14(2)9-17-13-26-8-7-16-10-21(28-5)22(29-6)11-18(16)19(26)12-20(17)30-24(27)23(25)15(3)4/h10-11,14-15,17,19-20,23H,7-9,12-13,25H2,1-6H3/t17?,19?,20?,23-/m0/s1/i3D3,4D3,12D2,13D2,15D,17D,20D,23D. The van der Waals surface area contributed by atoms with E-state index in [9.17, 15) is 10.3 Å². The molecule has 1 saturated heterocycles. The van der Waals surface area contributed by atoms with Gasteiger partial charge in [0.2, 0.25) is 0 Å². The summed E-state index contributed by atoms with van der Waals surface area (Å²) in [5.74, 6) is -9.43. The molecule has 30 heavy (non-hydrogen) atoms. The van der Waals surface area contributed by atoms with Crippen molar-refractivity contribution in [3.05, 3.63) is 23.3 Å². The Morgan fingerprint density at radius 1 is 1.37 bits per heavy atom. The van der Waals surface area contributed by atoms with Gasteiger partial charge in [0.1, 0.15) is 12.1 Å². The molecular weight excluding hydrogens is 380 g/mol. The Bertz CT molecular complexity index is 1270. The summed E-state index contributed by atoms with van der Waals surface area (Å²) in [6, 6.07) is -2.73. The summed E-state index contributed by atoms with van der Waals surface area (Å²) >= 11 is 0.